The summed E-state index contributed by atoms with van der Waals surface area (Å²) >= 11 is 6.11. The molecule has 1 aliphatic rings. The van der Waals surface area contributed by atoms with Crippen molar-refractivity contribution in [1.29, 1.82) is 0 Å². The van der Waals surface area contributed by atoms with Gasteiger partial charge in [-0.2, -0.15) is 0 Å². The molecule has 0 radical (unpaired) electrons. The van der Waals surface area contributed by atoms with Gasteiger partial charge >= 0.3 is 0 Å². The monoisotopic (exact) mass is 387 g/mol. The summed E-state index contributed by atoms with van der Waals surface area (Å²) in [5.41, 5.74) is 4.62. The zero-order valence-electron chi connectivity index (χ0n) is 16.1. The number of ether oxygens (including phenoxy) is 1. The number of hydrogen-bond acceptors (Lipinski definition) is 4. The minimum Gasteiger partial charge on any atom is -0.495 e. The Morgan fingerprint density at radius 3 is 2.56 bits per heavy atom. The first-order valence-electron chi connectivity index (χ1n) is 9.15. The fourth-order valence-corrected chi connectivity index (χ4v) is 3.63. The van der Waals surface area contributed by atoms with Crippen LogP contribution in [0, 0.1) is 13.8 Å². The van der Waals surface area contributed by atoms with Gasteiger partial charge in [-0.3, -0.25) is 9.69 Å². The molecule has 5 nitrogen and oxygen atoms in total. The Morgan fingerprint density at radius 2 is 1.89 bits per heavy atom. The van der Waals surface area contributed by atoms with Gasteiger partial charge in [0.05, 0.1) is 18.7 Å². The van der Waals surface area contributed by atoms with Crippen LogP contribution in [0.4, 0.5) is 11.4 Å². The number of anilines is 2. The normalized spacial score (nSPS) is 14.9. The third kappa shape index (κ3) is 4.73. The average molecular weight is 388 g/mol. The smallest absolute Gasteiger partial charge is 0.238 e. The lowest BCUT2D eigenvalue weighted by Crippen LogP contribution is -2.48. The molecule has 0 aliphatic carbocycles. The number of halogens is 1. The quantitative estimate of drug-likeness (QED) is 0.849. The maximum atomic E-state index is 12.4. The van der Waals surface area contributed by atoms with E-state index in [0.29, 0.717) is 23.0 Å². The Balaban J connectivity index is 1.52. The van der Waals surface area contributed by atoms with Crippen molar-refractivity contribution in [2.75, 3.05) is 50.1 Å². The molecule has 0 bridgehead atoms. The molecule has 3 rings (SSSR count). The first-order chi connectivity index (χ1) is 13.0. The van der Waals surface area contributed by atoms with Gasteiger partial charge in [-0.25, -0.2) is 0 Å². The van der Waals surface area contributed by atoms with Crippen molar-refractivity contribution in [3.63, 3.8) is 0 Å². The fraction of sp³-hybridized carbons (Fsp3) is 0.381. The van der Waals surface area contributed by atoms with E-state index in [1.165, 1.54) is 16.8 Å². The van der Waals surface area contributed by atoms with Gasteiger partial charge in [0, 0.05) is 37.6 Å². The molecule has 1 amide bonds. The second kappa shape index (κ2) is 8.63. The van der Waals surface area contributed by atoms with E-state index >= 15 is 0 Å². The summed E-state index contributed by atoms with van der Waals surface area (Å²) in [5, 5.41) is 3.39. The minimum absolute atomic E-state index is 0.0311. The number of carbonyl (C=O) groups excluding carboxylic acids is 1. The molecule has 1 fully saturated rings. The van der Waals surface area contributed by atoms with Crippen LogP contribution in [-0.2, 0) is 4.79 Å². The third-order valence-electron chi connectivity index (χ3n) is 5.09. The van der Waals surface area contributed by atoms with E-state index in [-0.39, 0.29) is 5.91 Å². The van der Waals surface area contributed by atoms with E-state index < -0.39 is 0 Å². The third-order valence-corrected chi connectivity index (χ3v) is 5.39. The number of carbonyl (C=O) groups is 1. The van der Waals surface area contributed by atoms with Crippen molar-refractivity contribution in [3.05, 3.63) is 52.5 Å². The summed E-state index contributed by atoms with van der Waals surface area (Å²) in [6.45, 7) is 8.27. The van der Waals surface area contributed by atoms with E-state index in [1.54, 1.807) is 25.3 Å². The first kappa shape index (κ1) is 19.5. The molecule has 1 aliphatic heterocycles. The number of benzene rings is 2. The van der Waals surface area contributed by atoms with Crippen molar-refractivity contribution in [2.45, 2.75) is 13.8 Å². The fourth-order valence-electron chi connectivity index (χ4n) is 3.37. The van der Waals surface area contributed by atoms with Crippen molar-refractivity contribution in [2.24, 2.45) is 0 Å². The van der Waals surface area contributed by atoms with Crippen molar-refractivity contribution in [1.82, 2.24) is 4.90 Å². The van der Waals surface area contributed by atoms with Crippen LogP contribution >= 0.6 is 11.6 Å². The molecule has 27 heavy (non-hydrogen) atoms. The van der Waals surface area contributed by atoms with E-state index in [0.717, 1.165) is 26.2 Å². The standard InChI is InChI=1S/C21H26ClN3O2/c1-15-5-4-6-19(16(15)2)25-11-9-24(10-12-25)14-21(26)23-17-7-8-20(27-3)18(22)13-17/h4-8,13H,9-12,14H2,1-3H3,(H,23,26). The van der Waals surface area contributed by atoms with Crippen molar-refractivity contribution in [3.8, 4) is 5.75 Å². The van der Waals surface area contributed by atoms with Gasteiger partial charge in [0.1, 0.15) is 5.75 Å². The number of nitrogens with zero attached hydrogens (tertiary/aromatic N) is 2. The number of hydrogen-bond donors (Lipinski definition) is 1. The molecular formula is C21H26ClN3O2. The molecule has 0 spiro atoms. The minimum atomic E-state index is -0.0311. The van der Waals surface area contributed by atoms with E-state index in [1.807, 2.05) is 0 Å². The highest BCUT2D eigenvalue weighted by atomic mass is 35.5. The predicted molar refractivity (Wildman–Crippen MR) is 111 cm³/mol. The second-order valence-corrected chi connectivity index (χ2v) is 7.29. The topological polar surface area (TPSA) is 44.8 Å². The predicted octanol–water partition coefficient (Wildman–Crippen LogP) is 3.73. The van der Waals surface area contributed by atoms with Crippen LogP contribution in [0.25, 0.3) is 0 Å². The number of methoxy groups -OCH3 is 1. The molecule has 0 atom stereocenters. The Hall–Kier alpha value is -2.24. The lowest BCUT2D eigenvalue weighted by molar-refractivity contribution is -0.117. The van der Waals surface area contributed by atoms with Crippen LogP contribution in [-0.4, -0.2) is 50.6 Å². The molecule has 2 aromatic rings. The average Bonchev–Trinajstić information content (AvgIpc) is 2.65. The molecule has 144 valence electrons. The zero-order chi connectivity index (χ0) is 19.4. The molecule has 2 aromatic carbocycles. The van der Waals surface area contributed by atoms with Gasteiger partial charge in [0.15, 0.2) is 0 Å². The van der Waals surface area contributed by atoms with Crippen LogP contribution in [0.2, 0.25) is 5.02 Å². The molecule has 1 saturated heterocycles. The highest BCUT2D eigenvalue weighted by molar-refractivity contribution is 6.32. The molecule has 6 heteroatoms. The van der Waals surface area contributed by atoms with Crippen LogP contribution in [0.5, 0.6) is 5.75 Å². The number of piperazine rings is 1. The molecule has 1 heterocycles. The lowest BCUT2D eigenvalue weighted by atomic mass is 10.1. The van der Waals surface area contributed by atoms with Crippen LogP contribution in [0.15, 0.2) is 36.4 Å². The van der Waals surface area contributed by atoms with Gasteiger partial charge in [-0.1, -0.05) is 23.7 Å². The maximum Gasteiger partial charge on any atom is 0.238 e. The molecule has 0 saturated carbocycles. The van der Waals surface area contributed by atoms with Crippen LogP contribution in [0.3, 0.4) is 0 Å². The van der Waals surface area contributed by atoms with Crippen LogP contribution in [0.1, 0.15) is 11.1 Å². The van der Waals surface area contributed by atoms with Crippen LogP contribution < -0.4 is 15.0 Å². The SMILES string of the molecule is COc1ccc(NC(=O)CN2CCN(c3cccc(C)c3C)CC2)cc1Cl. The summed E-state index contributed by atoms with van der Waals surface area (Å²) in [6.07, 6.45) is 0. The maximum absolute atomic E-state index is 12.4. The van der Waals surface area contributed by atoms with E-state index in [9.17, 15) is 4.79 Å². The van der Waals surface area contributed by atoms with Gasteiger partial charge in [-0.15, -0.1) is 0 Å². The summed E-state index contributed by atoms with van der Waals surface area (Å²) < 4.78 is 5.13. The molecule has 0 aromatic heterocycles. The van der Waals surface area contributed by atoms with E-state index in [2.05, 4.69) is 47.2 Å². The van der Waals surface area contributed by atoms with Crippen molar-refractivity contribution < 1.29 is 9.53 Å². The van der Waals surface area contributed by atoms with Gasteiger partial charge in [-0.05, 0) is 49.2 Å². The van der Waals surface area contributed by atoms with Gasteiger partial charge in [0.2, 0.25) is 5.91 Å². The Labute approximate surface area is 165 Å². The summed E-state index contributed by atoms with van der Waals surface area (Å²) in [4.78, 5) is 16.9. The van der Waals surface area contributed by atoms with Crippen molar-refractivity contribution >= 4 is 28.9 Å². The van der Waals surface area contributed by atoms with Gasteiger partial charge < -0.3 is 15.0 Å². The largest absolute Gasteiger partial charge is 0.495 e. The van der Waals surface area contributed by atoms with E-state index in [4.69, 9.17) is 16.3 Å². The molecule has 1 N–H and O–H groups in total. The summed E-state index contributed by atoms with van der Waals surface area (Å²) in [6, 6.07) is 11.7. The Bertz CT molecular complexity index is 817. The van der Waals surface area contributed by atoms with Gasteiger partial charge in [0.25, 0.3) is 0 Å². The summed E-state index contributed by atoms with van der Waals surface area (Å²) in [5.74, 6) is 0.564. The first-order valence-corrected chi connectivity index (χ1v) is 9.52. The Kier molecular flexibility index (Phi) is 6.24. The number of rotatable bonds is 5. The highest BCUT2D eigenvalue weighted by Crippen LogP contribution is 2.27. The second-order valence-electron chi connectivity index (χ2n) is 6.88. The number of nitrogens with one attached hydrogen (secondary N) is 1. The number of amides is 1. The highest BCUT2D eigenvalue weighted by Gasteiger charge is 2.20. The number of aryl methyl sites for hydroxylation is 1. The lowest BCUT2D eigenvalue weighted by Gasteiger charge is -2.36. The summed E-state index contributed by atoms with van der Waals surface area (Å²) in [7, 11) is 1.57. The molecule has 0 unspecified atom stereocenters. The molecular weight excluding hydrogens is 362 g/mol. The Morgan fingerprint density at radius 1 is 1.15 bits per heavy atom. The zero-order valence-corrected chi connectivity index (χ0v) is 16.8.